The van der Waals surface area contributed by atoms with Crippen LogP contribution in [-0.2, 0) is 0 Å². The van der Waals surface area contributed by atoms with Crippen molar-refractivity contribution in [1.29, 1.82) is 0 Å². The Hall–Kier alpha value is 0.180. The van der Waals surface area contributed by atoms with Crippen LogP contribution in [0.15, 0.2) is 0 Å². The molecule has 1 nitrogen and oxygen atoms in total. The molecule has 1 saturated heterocycles. The second kappa shape index (κ2) is 3.58. The molecule has 0 aromatic carbocycles. The van der Waals surface area contributed by atoms with Gasteiger partial charge in [0.25, 0.3) is 0 Å². The summed E-state index contributed by atoms with van der Waals surface area (Å²) >= 11 is 0. The first-order chi connectivity index (χ1) is 7.27. The highest BCUT2D eigenvalue weighted by molar-refractivity contribution is 8.16. The average molecular weight is 241 g/mol. The normalized spacial score (nSPS) is 36.7. The first-order valence-electron chi connectivity index (χ1n) is 6.55. The van der Waals surface area contributed by atoms with Gasteiger partial charge in [0.2, 0.25) is 0 Å². The molecule has 2 rings (SSSR count). The van der Waals surface area contributed by atoms with E-state index in [4.69, 9.17) is 0 Å². The lowest BCUT2D eigenvalue weighted by Crippen LogP contribution is -2.53. The first-order valence-corrected chi connectivity index (χ1v) is 7.94. The van der Waals surface area contributed by atoms with Crippen LogP contribution in [0.25, 0.3) is 0 Å². The third-order valence-corrected chi connectivity index (χ3v) is 8.96. The molecule has 0 amide bonds. The summed E-state index contributed by atoms with van der Waals surface area (Å²) in [6, 6.07) is 0. The van der Waals surface area contributed by atoms with Crippen molar-refractivity contribution < 1.29 is 0 Å². The van der Waals surface area contributed by atoms with E-state index in [1.165, 1.54) is 32.1 Å². The molecule has 1 atom stereocenters. The Kier molecular flexibility index (Phi) is 2.83. The molecule has 94 valence electrons. The SMILES string of the molecule is C=S1C2(CCCCC2)N(C)C(C)(C)C1(C)C. The fourth-order valence-corrected chi connectivity index (χ4v) is 6.57. The van der Waals surface area contributed by atoms with Crippen LogP contribution in [-0.4, -0.2) is 33.0 Å². The summed E-state index contributed by atoms with van der Waals surface area (Å²) in [7, 11) is 2.59. The van der Waals surface area contributed by atoms with Gasteiger partial charge in [0.15, 0.2) is 0 Å². The Morgan fingerprint density at radius 2 is 1.50 bits per heavy atom. The minimum Gasteiger partial charge on any atom is -0.286 e. The zero-order valence-electron chi connectivity index (χ0n) is 11.6. The molecule has 0 aromatic rings. The van der Waals surface area contributed by atoms with E-state index in [9.17, 15) is 0 Å². The number of rotatable bonds is 0. The van der Waals surface area contributed by atoms with Crippen molar-refractivity contribution >= 4 is 16.4 Å². The maximum Gasteiger partial charge on any atom is 0.0623 e. The highest BCUT2D eigenvalue weighted by atomic mass is 32.2. The molecule has 0 N–H and O–H groups in total. The van der Waals surface area contributed by atoms with Gasteiger partial charge < -0.3 is 0 Å². The Labute approximate surface area is 104 Å². The topological polar surface area (TPSA) is 3.24 Å². The molecule has 0 bridgehead atoms. The lowest BCUT2D eigenvalue weighted by atomic mass is 9.84. The second-order valence-electron chi connectivity index (χ2n) is 6.53. The van der Waals surface area contributed by atoms with Crippen molar-refractivity contribution in [1.82, 2.24) is 4.90 Å². The van der Waals surface area contributed by atoms with Crippen molar-refractivity contribution in [2.24, 2.45) is 0 Å². The average Bonchev–Trinajstić information content (AvgIpc) is 2.34. The van der Waals surface area contributed by atoms with Crippen molar-refractivity contribution in [2.45, 2.75) is 75.0 Å². The monoisotopic (exact) mass is 241 g/mol. The summed E-state index contributed by atoms with van der Waals surface area (Å²) in [5.74, 6) is 4.60. The molecule has 1 heterocycles. The standard InChI is InChI=1S/C14H27NS/c1-12(2)13(3,4)16(6)14(15(12)5)10-8-7-9-11-14/h6-11H2,1-5H3. The molecule has 2 heteroatoms. The Bertz CT molecular complexity index is 311. The summed E-state index contributed by atoms with van der Waals surface area (Å²) in [6.07, 6.45) is 6.95. The number of hydrogen-bond donors (Lipinski definition) is 0. The largest absolute Gasteiger partial charge is 0.286 e. The van der Waals surface area contributed by atoms with Gasteiger partial charge in [0.05, 0.1) is 4.87 Å². The van der Waals surface area contributed by atoms with E-state index in [0.29, 0.717) is 9.62 Å². The van der Waals surface area contributed by atoms with E-state index in [2.05, 4.69) is 45.5 Å². The van der Waals surface area contributed by atoms with Gasteiger partial charge in [0.1, 0.15) is 0 Å². The van der Waals surface area contributed by atoms with Crippen LogP contribution >= 0.6 is 10.5 Å². The summed E-state index contributed by atoms with van der Waals surface area (Å²) < 4.78 is 0.332. The predicted molar refractivity (Wildman–Crippen MR) is 76.4 cm³/mol. The van der Waals surface area contributed by atoms with Gasteiger partial charge in [-0.2, -0.15) is 10.5 Å². The fourth-order valence-electron chi connectivity index (χ4n) is 3.54. The summed E-state index contributed by atoms with van der Waals surface area (Å²) in [5, 5.41) is 0. The van der Waals surface area contributed by atoms with Gasteiger partial charge in [0, 0.05) is 10.3 Å². The molecule has 1 aliphatic heterocycles. The van der Waals surface area contributed by atoms with Gasteiger partial charge in [-0.25, -0.2) is 0 Å². The minimum atomic E-state index is 0.248. The quantitative estimate of drug-likeness (QED) is 0.582. The molecule has 0 radical (unpaired) electrons. The lowest BCUT2D eigenvalue weighted by Gasteiger charge is -2.44. The summed E-state index contributed by atoms with van der Waals surface area (Å²) in [5.41, 5.74) is 0.273. The van der Waals surface area contributed by atoms with Crippen LogP contribution in [0, 0.1) is 0 Å². The van der Waals surface area contributed by atoms with Crippen molar-refractivity contribution in [3.8, 4) is 0 Å². The zero-order chi connectivity index (χ0) is 12.2. The molecule has 1 saturated carbocycles. The van der Waals surface area contributed by atoms with Gasteiger partial charge in [-0.15, -0.1) is 0 Å². The number of hydrogen-bond acceptors (Lipinski definition) is 1. The van der Waals surface area contributed by atoms with E-state index < -0.39 is 0 Å². The molecule has 2 fully saturated rings. The van der Waals surface area contributed by atoms with Gasteiger partial charge >= 0.3 is 0 Å². The van der Waals surface area contributed by atoms with E-state index in [0.717, 1.165) is 0 Å². The zero-order valence-corrected chi connectivity index (χ0v) is 12.4. The third-order valence-electron chi connectivity index (χ3n) is 5.63. The van der Waals surface area contributed by atoms with Gasteiger partial charge in [-0.05, 0) is 47.6 Å². The van der Waals surface area contributed by atoms with Crippen molar-refractivity contribution in [2.75, 3.05) is 7.05 Å². The van der Waals surface area contributed by atoms with Crippen LogP contribution in [0.5, 0.6) is 0 Å². The first kappa shape index (κ1) is 12.6. The van der Waals surface area contributed by atoms with E-state index >= 15 is 0 Å². The lowest BCUT2D eigenvalue weighted by molar-refractivity contribution is 0.0625. The van der Waals surface area contributed by atoms with Gasteiger partial charge in [-0.1, -0.05) is 25.1 Å². The molecule has 1 unspecified atom stereocenters. The highest BCUT2D eigenvalue weighted by Crippen LogP contribution is 2.63. The van der Waals surface area contributed by atoms with Crippen LogP contribution in [0.4, 0.5) is 0 Å². The van der Waals surface area contributed by atoms with Crippen LogP contribution in [0.1, 0.15) is 59.8 Å². The third kappa shape index (κ3) is 1.32. The molecule has 1 aliphatic carbocycles. The molecular formula is C14H27NS. The fraction of sp³-hybridized carbons (Fsp3) is 0.929. The van der Waals surface area contributed by atoms with Crippen LogP contribution < -0.4 is 0 Å². The molecular weight excluding hydrogens is 214 g/mol. The summed E-state index contributed by atoms with van der Waals surface area (Å²) in [6.45, 7) is 9.65. The van der Waals surface area contributed by atoms with Crippen molar-refractivity contribution in [3.05, 3.63) is 0 Å². The highest BCUT2D eigenvalue weighted by Gasteiger charge is 2.60. The van der Waals surface area contributed by atoms with Crippen LogP contribution in [0.3, 0.4) is 0 Å². The van der Waals surface area contributed by atoms with E-state index in [1.807, 2.05) is 0 Å². The minimum absolute atomic E-state index is 0.248. The maximum atomic E-state index is 4.60. The second-order valence-corrected chi connectivity index (χ2v) is 9.09. The molecule has 0 aromatic heterocycles. The number of nitrogens with zero attached hydrogens (tertiary/aromatic N) is 1. The van der Waals surface area contributed by atoms with E-state index in [-0.39, 0.29) is 16.0 Å². The Morgan fingerprint density at radius 3 is 1.88 bits per heavy atom. The summed E-state index contributed by atoms with van der Waals surface area (Å²) in [4.78, 5) is 3.08. The van der Waals surface area contributed by atoms with Crippen LogP contribution in [0.2, 0.25) is 0 Å². The Balaban J connectivity index is 2.46. The smallest absolute Gasteiger partial charge is 0.0623 e. The maximum absolute atomic E-state index is 4.60. The molecule has 2 aliphatic rings. The van der Waals surface area contributed by atoms with E-state index in [1.54, 1.807) is 0 Å². The predicted octanol–water partition coefficient (Wildman–Crippen LogP) is 3.85. The molecule has 16 heavy (non-hydrogen) atoms. The molecule has 1 spiro atoms. The Morgan fingerprint density at radius 1 is 1.00 bits per heavy atom. The van der Waals surface area contributed by atoms with Gasteiger partial charge in [-0.3, -0.25) is 4.90 Å². The van der Waals surface area contributed by atoms with Crippen molar-refractivity contribution in [3.63, 3.8) is 0 Å².